The number of carbonyl (C=O) groups excluding carboxylic acids is 1. The van der Waals surface area contributed by atoms with Gasteiger partial charge in [0.05, 0.1) is 6.42 Å². The van der Waals surface area contributed by atoms with Gasteiger partial charge in [0.25, 0.3) is 0 Å². The number of carbonyl (C=O) groups is 1. The van der Waals surface area contributed by atoms with Crippen molar-refractivity contribution in [1.82, 2.24) is 4.90 Å². The van der Waals surface area contributed by atoms with Gasteiger partial charge in [-0.1, -0.05) is 42.5 Å². The number of hydrogen-bond donors (Lipinski definition) is 0. The maximum absolute atomic E-state index is 12.0. The Hall–Kier alpha value is -1.78. The van der Waals surface area contributed by atoms with Crippen LogP contribution in [0.15, 0.2) is 42.5 Å². The van der Waals surface area contributed by atoms with Crippen LogP contribution in [0.1, 0.15) is 25.3 Å². The zero-order valence-corrected chi connectivity index (χ0v) is 12.1. The van der Waals surface area contributed by atoms with Crippen LogP contribution in [-0.2, 0) is 11.2 Å². The number of halogens is 3. The van der Waals surface area contributed by atoms with E-state index < -0.39 is 12.6 Å². The van der Waals surface area contributed by atoms with Crippen molar-refractivity contribution in [2.45, 2.75) is 32.4 Å². The van der Waals surface area contributed by atoms with Gasteiger partial charge in [-0.15, -0.1) is 0 Å². The smallest absolute Gasteiger partial charge is 0.339 e. The van der Waals surface area contributed by atoms with Gasteiger partial charge in [0.15, 0.2) is 0 Å². The predicted octanol–water partition coefficient (Wildman–Crippen LogP) is 3.98. The van der Waals surface area contributed by atoms with Gasteiger partial charge in [0.1, 0.15) is 0 Å². The maximum atomic E-state index is 12.0. The Morgan fingerprint density at radius 1 is 1.19 bits per heavy atom. The summed E-state index contributed by atoms with van der Waals surface area (Å²) < 4.78 is 36.0. The molecule has 0 aliphatic heterocycles. The molecule has 0 unspecified atom stereocenters. The molecule has 0 fully saturated rings. The topological polar surface area (TPSA) is 20.3 Å². The Labute approximate surface area is 123 Å². The first-order chi connectivity index (χ1) is 9.92. The van der Waals surface area contributed by atoms with Gasteiger partial charge in [0.2, 0.25) is 5.91 Å². The lowest BCUT2D eigenvalue weighted by molar-refractivity contribution is -0.130. The van der Waals surface area contributed by atoms with Gasteiger partial charge >= 0.3 is 6.18 Å². The maximum Gasteiger partial charge on any atom is 0.392 e. The fourth-order valence-electron chi connectivity index (χ4n) is 1.88. The minimum atomic E-state index is -4.19. The van der Waals surface area contributed by atoms with Crippen molar-refractivity contribution in [3.63, 3.8) is 0 Å². The highest BCUT2D eigenvalue weighted by Crippen LogP contribution is 2.19. The van der Waals surface area contributed by atoms with E-state index in [1.165, 1.54) is 6.08 Å². The molecule has 0 aromatic heterocycles. The molecular weight excluding hydrogens is 279 g/mol. The molecule has 0 aliphatic carbocycles. The van der Waals surface area contributed by atoms with E-state index in [0.717, 1.165) is 11.6 Å². The molecule has 0 saturated carbocycles. The number of benzene rings is 1. The highest BCUT2D eigenvalue weighted by Gasteiger charge is 2.24. The van der Waals surface area contributed by atoms with Crippen LogP contribution in [0.4, 0.5) is 13.2 Å². The first-order valence-corrected chi connectivity index (χ1v) is 6.96. The normalized spacial score (nSPS) is 11.8. The van der Waals surface area contributed by atoms with Crippen LogP contribution >= 0.6 is 0 Å². The molecule has 5 heteroatoms. The number of hydrogen-bond acceptors (Lipinski definition) is 1. The van der Waals surface area contributed by atoms with Crippen molar-refractivity contribution in [1.29, 1.82) is 0 Å². The van der Waals surface area contributed by atoms with Crippen molar-refractivity contribution >= 4 is 5.91 Å². The number of aryl methyl sites for hydroxylation is 1. The number of rotatable bonds is 7. The second-order valence-electron chi connectivity index (χ2n) is 4.71. The lowest BCUT2D eigenvalue weighted by Gasteiger charge is -2.19. The van der Waals surface area contributed by atoms with Crippen LogP contribution in [0.25, 0.3) is 0 Å². The summed E-state index contributed by atoms with van der Waals surface area (Å²) in [6.45, 7) is 2.53. The standard InChI is InChI=1S/C16H20F3NO/c1-2-20(13-7-6-12-16(17,18)19)15(21)11-10-14-8-4-3-5-9-14/h3-9H,2,10-13H2,1H3/b7-6+. The number of amides is 1. The molecule has 2 nitrogen and oxygen atoms in total. The van der Waals surface area contributed by atoms with Gasteiger partial charge in [-0.3, -0.25) is 4.79 Å². The monoisotopic (exact) mass is 299 g/mol. The molecular formula is C16H20F3NO. The lowest BCUT2D eigenvalue weighted by atomic mass is 10.1. The number of alkyl halides is 3. The molecule has 0 bridgehead atoms. The molecule has 1 rings (SSSR count). The molecule has 1 aromatic carbocycles. The van der Waals surface area contributed by atoms with Gasteiger partial charge < -0.3 is 4.90 Å². The highest BCUT2D eigenvalue weighted by atomic mass is 19.4. The zero-order chi connectivity index (χ0) is 15.7. The van der Waals surface area contributed by atoms with Gasteiger partial charge in [-0.2, -0.15) is 13.2 Å². The number of likely N-dealkylation sites (N-methyl/N-ethyl adjacent to an activating group) is 1. The van der Waals surface area contributed by atoms with Crippen molar-refractivity contribution in [2.24, 2.45) is 0 Å². The third-order valence-electron chi connectivity index (χ3n) is 3.05. The van der Waals surface area contributed by atoms with E-state index in [1.807, 2.05) is 37.3 Å². The van der Waals surface area contributed by atoms with Gasteiger partial charge in [-0.25, -0.2) is 0 Å². The molecule has 0 atom stereocenters. The minimum absolute atomic E-state index is 0.0435. The van der Waals surface area contributed by atoms with Crippen LogP contribution in [-0.4, -0.2) is 30.1 Å². The van der Waals surface area contributed by atoms with Crippen LogP contribution in [0.5, 0.6) is 0 Å². The summed E-state index contributed by atoms with van der Waals surface area (Å²) in [7, 11) is 0. The highest BCUT2D eigenvalue weighted by molar-refractivity contribution is 5.76. The summed E-state index contributed by atoms with van der Waals surface area (Å²) in [5.41, 5.74) is 1.08. The number of allylic oxidation sites excluding steroid dienone is 1. The van der Waals surface area contributed by atoms with E-state index in [-0.39, 0.29) is 12.5 Å². The zero-order valence-electron chi connectivity index (χ0n) is 12.1. The molecule has 0 radical (unpaired) electrons. The van der Waals surface area contributed by atoms with Crippen LogP contribution in [0, 0.1) is 0 Å². The van der Waals surface area contributed by atoms with E-state index in [0.29, 0.717) is 19.4 Å². The van der Waals surface area contributed by atoms with Crippen molar-refractivity contribution < 1.29 is 18.0 Å². The Morgan fingerprint density at radius 2 is 1.86 bits per heavy atom. The quantitative estimate of drug-likeness (QED) is 0.697. The summed E-state index contributed by atoms with van der Waals surface area (Å²) in [6.07, 6.45) is -1.68. The van der Waals surface area contributed by atoms with E-state index in [4.69, 9.17) is 0 Å². The minimum Gasteiger partial charge on any atom is -0.339 e. The summed E-state index contributed by atoms with van der Waals surface area (Å²) in [4.78, 5) is 13.6. The molecule has 0 saturated heterocycles. The first-order valence-electron chi connectivity index (χ1n) is 6.96. The molecule has 116 valence electrons. The Kier molecular flexibility index (Phi) is 6.99. The summed E-state index contributed by atoms with van der Waals surface area (Å²) in [5, 5.41) is 0. The molecule has 1 aromatic rings. The molecule has 0 spiro atoms. The summed E-state index contributed by atoms with van der Waals surface area (Å²) >= 11 is 0. The van der Waals surface area contributed by atoms with E-state index in [1.54, 1.807) is 4.90 Å². The predicted molar refractivity (Wildman–Crippen MR) is 76.8 cm³/mol. The molecule has 21 heavy (non-hydrogen) atoms. The third kappa shape index (κ3) is 7.54. The largest absolute Gasteiger partial charge is 0.392 e. The molecule has 0 heterocycles. The molecule has 1 amide bonds. The number of nitrogens with zero attached hydrogens (tertiary/aromatic N) is 1. The average molecular weight is 299 g/mol. The van der Waals surface area contributed by atoms with Gasteiger partial charge in [0, 0.05) is 19.5 Å². The van der Waals surface area contributed by atoms with Gasteiger partial charge in [-0.05, 0) is 18.9 Å². The van der Waals surface area contributed by atoms with Crippen LogP contribution in [0.3, 0.4) is 0 Å². The van der Waals surface area contributed by atoms with E-state index in [9.17, 15) is 18.0 Å². The van der Waals surface area contributed by atoms with Crippen molar-refractivity contribution in [2.75, 3.05) is 13.1 Å². The Balaban J connectivity index is 2.39. The molecule has 0 aliphatic rings. The van der Waals surface area contributed by atoms with Crippen molar-refractivity contribution in [3.8, 4) is 0 Å². The Bertz CT molecular complexity index is 454. The second-order valence-corrected chi connectivity index (χ2v) is 4.71. The average Bonchev–Trinajstić information content (AvgIpc) is 2.45. The van der Waals surface area contributed by atoms with E-state index in [2.05, 4.69) is 0 Å². The fraction of sp³-hybridized carbons (Fsp3) is 0.438. The lowest BCUT2D eigenvalue weighted by Crippen LogP contribution is -2.31. The Morgan fingerprint density at radius 3 is 2.43 bits per heavy atom. The third-order valence-corrected chi connectivity index (χ3v) is 3.05. The van der Waals surface area contributed by atoms with Crippen LogP contribution in [0.2, 0.25) is 0 Å². The summed E-state index contributed by atoms with van der Waals surface area (Å²) in [5.74, 6) is -0.0435. The fourth-order valence-corrected chi connectivity index (χ4v) is 1.88. The molecule has 0 N–H and O–H groups in total. The first kappa shape index (κ1) is 17.3. The second kappa shape index (κ2) is 8.49. The summed E-state index contributed by atoms with van der Waals surface area (Å²) in [6, 6.07) is 9.64. The van der Waals surface area contributed by atoms with E-state index >= 15 is 0 Å². The van der Waals surface area contributed by atoms with Crippen molar-refractivity contribution in [3.05, 3.63) is 48.0 Å². The van der Waals surface area contributed by atoms with Crippen LogP contribution < -0.4 is 0 Å². The SMILES string of the molecule is CCN(C/C=C/CC(F)(F)F)C(=O)CCc1ccccc1.